The van der Waals surface area contributed by atoms with E-state index in [4.69, 9.17) is 16.7 Å². The molecule has 0 saturated carbocycles. The van der Waals surface area contributed by atoms with Crippen LogP contribution >= 0.6 is 11.6 Å². The average Bonchev–Trinajstić information content (AvgIpc) is 1.97. The van der Waals surface area contributed by atoms with Gasteiger partial charge in [-0.25, -0.2) is 4.98 Å². The molecule has 0 aromatic carbocycles. The first-order valence-corrected chi connectivity index (χ1v) is 3.34. The number of carbonyl (C=O) groups excluding carboxylic acids is 1. The van der Waals surface area contributed by atoms with Crippen molar-refractivity contribution in [3.8, 4) is 5.75 Å². The molecular weight excluding hydrogens is 166 g/mol. The minimum Gasteiger partial charge on any atom is -0.505 e. The number of aromatic hydroxyl groups is 1. The van der Waals surface area contributed by atoms with Crippen LogP contribution in [0, 0.1) is 6.92 Å². The SMILES string of the molecule is Cc1cc(O)c(Cl)nc1C=O. The number of pyridine rings is 1. The van der Waals surface area contributed by atoms with E-state index in [0.29, 0.717) is 11.8 Å². The van der Waals surface area contributed by atoms with Gasteiger partial charge in [0.1, 0.15) is 5.69 Å². The molecule has 11 heavy (non-hydrogen) atoms. The highest BCUT2D eigenvalue weighted by Gasteiger charge is 2.04. The van der Waals surface area contributed by atoms with Gasteiger partial charge < -0.3 is 5.11 Å². The van der Waals surface area contributed by atoms with Crippen molar-refractivity contribution < 1.29 is 9.90 Å². The number of rotatable bonds is 1. The smallest absolute Gasteiger partial charge is 0.171 e. The van der Waals surface area contributed by atoms with E-state index in [1.165, 1.54) is 6.07 Å². The van der Waals surface area contributed by atoms with Crippen molar-refractivity contribution in [1.82, 2.24) is 4.98 Å². The zero-order valence-corrected chi connectivity index (χ0v) is 6.59. The third-order valence-electron chi connectivity index (χ3n) is 1.30. The molecule has 0 bridgehead atoms. The van der Waals surface area contributed by atoms with E-state index in [0.717, 1.165) is 0 Å². The van der Waals surface area contributed by atoms with Crippen molar-refractivity contribution in [3.63, 3.8) is 0 Å². The lowest BCUT2D eigenvalue weighted by atomic mass is 10.2. The molecule has 1 N–H and O–H groups in total. The highest BCUT2D eigenvalue weighted by atomic mass is 35.5. The molecule has 0 spiro atoms. The number of aromatic nitrogens is 1. The van der Waals surface area contributed by atoms with E-state index >= 15 is 0 Å². The van der Waals surface area contributed by atoms with Crippen LogP contribution in [0.15, 0.2) is 6.07 Å². The Kier molecular flexibility index (Phi) is 2.10. The van der Waals surface area contributed by atoms with Gasteiger partial charge in [0.05, 0.1) is 0 Å². The summed E-state index contributed by atoms with van der Waals surface area (Å²) in [6.45, 7) is 1.67. The zero-order chi connectivity index (χ0) is 8.43. The maximum absolute atomic E-state index is 10.3. The first kappa shape index (κ1) is 8.01. The molecule has 0 fully saturated rings. The zero-order valence-electron chi connectivity index (χ0n) is 5.84. The minimum atomic E-state index is -0.102. The number of hydrogen-bond acceptors (Lipinski definition) is 3. The topological polar surface area (TPSA) is 50.2 Å². The van der Waals surface area contributed by atoms with E-state index in [-0.39, 0.29) is 16.6 Å². The number of aldehydes is 1. The Labute approximate surface area is 68.6 Å². The van der Waals surface area contributed by atoms with Crippen LogP contribution < -0.4 is 0 Å². The summed E-state index contributed by atoms with van der Waals surface area (Å²) >= 11 is 5.44. The van der Waals surface area contributed by atoms with Gasteiger partial charge in [-0.3, -0.25) is 4.79 Å². The first-order valence-electron chi connectivity index (χ1n) is 2.96. The van der Waals surface area contributed by atoms with Crippen LogP contribution in [-0.2, 0) is 0 Å². The Hall–Kier alpha value is -1.09. The third kappa shape index (κ3) is 1.49. The summed E-state index contributed by atoms with van der Waals surface area (Å²) < 4.78 is 0. The summed E-state index contributed by atoms with van der Waals surface area (Å²) in [7, 11) is 0. The van der Waals surface area contributed by atoms with Gasteiger partial charge in [0.15, 0.2) is 17.2 Å². The quantitative estimate of drug-likeness (QED) is 0.515. The number of halogens is 1. The second kappa shape index (κ2) is 2.88. The fourth-order valence-electron chi connectivity index (χ4n) is 0.709. The normalized spacial score (nSPS) is 9.64. The molecule has 3 nitrogen and oxygen atoms in total. The Morgan fingerprint density at radius 1 is 1.73 bits per heavy atom. The fraction of sp³-hybridized carbons (Fsp3) is 0.143. The summed E-state index contributed by atoms with van der Waals surface area (Å²) in [5.41, 5.74) is 0.870. The van der Waals surface area contributed by atoms with Gasteiger partial charge in [0.25, 0.3) is 0 Å². The largest absolute Gasteiger partial charge is 0.505 e. The molecule has 0 aliphatic heterocycles. The number of hydrogen-bond donors (Lipinski definition) is 1. The van der Waals surface area contributed by atoms with Crippen molar-refractivity contribution in [3.05, 3.63) is 22.5 Å². The maximum atomic E-state index is 10.3. The molecule has 4 heteroatoms. The first-order chi connectivity index (χ1) is 5.15. The van der Waals surface area contributed by atoms with Crippen LogP contribution in [0.25, 0.3) is 0 Å². The van der Waals surface area contributed by atoms with E-state index in [2.05, 4.69) is 4.98 Å². The molecule has 0 saturated heterocycles. The molecule has 1 rings (SSSR count). The second-order valence-electron chi connectivity index (χ2n) is 2.12. The van der Waals surface area contributed by atoms with Crippen LogP contribution in [0.5, 0.6) is 5.75 Å². The van der Waals surface area contributed by atoms with Crippen LogP contribution in [-0.4, -0.2) is 16.4 Å². The van der Waals surface area contributed by atoms with Gasteiger partial charge >= 0.3 is 0 Å². The monoisotopic (exact) mass is 171 g/mol. The van der Waals surface area contributed by atoms with Crippen LogP contribution in [0.4, 0.5) is 0 Å². The summed E-state index contributed by atoms with van der Waals surface area (Å²) in [4.78, 5) is 13.9. The van der Waals surface area contributed by atoms with Crippen molar-refractivity contribution in [2.75, 3.05) is 0 Å². The molecule has 0 aliphatic rings. The highest BCUT2D eigenvalue weighted by Crippen LogP contribution is 2.22. The molecule has 0 radical (unpaired) electrons. The van der Waals surface area contributed by atoms with E-state index in [1.807, 2.05) is 0 Å². The van der Waals surface area contributed by atoms with Gasteiger partial charge in [0, 0.05) is 0 Å². The predicted octanol–water partition coefficient (Wildman–Crippen LogP) is 1.56. The summed E-state index contributed by atoms with van der Waals surface area (Å²) in [6.07, 6.45) is 0.598. The van der Waals surface area contributed by atoms with Gasteiger partial charge in [-0.2, -0.15) is 0 Å². The van der Waals surface area contributed by atoms with Gasteiger partial charge in [-0.15, -0.1) is 0 Å². The van der Waals surface area contributed by atoms with Crippen LogP contribution in [0.3, 0.4) is 0 Å². The summed E-state index contributed by atoms with van der Waals surface area (Å²) in [5.74, 6) is -0.102. The number of aryl methyl sites for hydroxylation is 1. The lowest BCUT2D eigenvalue weighted by Gasteiger charge is -1.99. The third-order valence-corrected chi connectivity index (χ3v) is 1.58. The van der Waals surface area contributed by atoms with Gasteiger partial charge in [-0.1, -0.05) is 11.6 Å². The Bertz CT molecular complexity index is 299. The molecule has 0 amide bonds. The predicted molar refractivity (Wildman–Crippen MR) is 41.0 cm³/mol. The van der Waals surface area contributed by atoms with Gasteiger partial charge in [-0.05, 0) is 18.6 Å². The Morgan fingerprint density at radius 2 is 2.36 bits per heavy atom. The van der Waals surface area contributed by atoms with Crippen molar-refractivity contribution in [1.29, 1.82) is 0 Å². The molecule has 0 unspecified atom stereocenters. The second-order valence-corrected chi connectivity index (χ2v) is 2.48. The average molecular weight is 172 g/mol. The molecule has 1 heterocycles. The molecular formula is C7H6ClNO2. The standard InChI is InChI=1S/C7H6ClNO2/c1-4-2-6(11)7(8)9-5(4)3-10/h2-3,11H,1H3. The molecule has 0 atom stereocenters. The number of carbonyl (C=O) groups is 1. The van der Waals surface area contributed by atoms with Crippen molar-refractivity contribution >= 4 is 17.9 Å². The Morgan fingerprint density at radius 3 is 2.91 bits per heavy atom. The molecule has 1 aromatic rings. The molecule has 0 aliphatic carbocycles. The lowest BCUT2D eigenvalue weighted by Crippen LogP contribution is -1.91. The van der Waals surface area contributed by atoms with Gasteiger partial charge in [0.2, 0.25) is 0 Å². The minimum absolute atomic E-state index is 0.0438. The summed E-state index contributed by atoms with van der Waals surface area (Å²) in [6, 6.07) is 1.40. The van der Waals surface area contributed by atoms with Crippen LogP contribution in [0.2, 0.25) is 5.15 Å². The van der Waals surface area contributed by atoms with Crippen LogP contribution in [0.1, 0.15) is 16.1 Å². The maximum Gasteiger partial charge on any atom is 0.171 e. The number of nitrogens with zero attached hydrogens (tertiary/aromatic N) is 1. The van der Waals surface area contributed by atoms with E-state index < -0.39 is 0 Å². The summed E-state index contributed by atoms with van der Waals surface area (Å²) in [5, 5.41) is 8.97. The highest BCUT2D eigenvalue weighted by molar-refractivity contribution is 6.30. The fourth-order valence-corrected chi connectivity index (χ4v) is 0.855. The molecule has 58 valence electrons. The lowest BCUT2D eigenvalue weighted by molar-refractivity contribution is 0.111. The van der Waals surface area contributed by atoms with E-state index in [9.17, 15) is 4.79 Å². The van der Waals surface area contributed by atoms with E-state index in [1.54, 1.807) is 6.92 Å². The van der Waals surface area contributed by atoms with Crippen molar-refractivity contribution in [2.45, 2.75) is 6.92 Å². The molecule has 1 aromatic heterocycles. The Balaban J connectivity index is 3.31. The van der Waals surface area contributed by atoms with Crippen molar-refractivity contribution in [2.24, 2.45) is 0 Å².